The van der Waals surface area contributed by atoms with Gasteiger partial charge in [-0.15, -0.1) is 0 Å². The predicted molar refractivity (Wildman–Crippen MR) is 70.8 cm³/mol. The molecular weight excluding hydrogens is 242 g/mol. The van der Waals surface area contributed by atoms with Crippen LogP contribution >= 0.6 is 0 Å². The van der Waals surface area contributed by atoms with Crippen LogP contribution in [0, 0.1) is 0 Å². The highest BCUT2D eigenvalue weighted by atomic mass is 16.4. The lowest BCUT2D eigenvalue weighted by atomic mass is 10.0. The maximum atomic E-state index is 11.9. The van der Waals surface area contributed by atoms with E-state index in [1.807, 2.05) is 12.1 Å². The first-order valence-electron chi connectivity index (χ1n) is 5.87. The Kier molecular flexibility index (Phi) is 2.56. The normalized spacial score (nSPS) is 15.8. The van der Waals surface area contributed by atoms with Crippen molar-refractivity contribution in [1.82, 2.24) is 0 Å². The fraction of sp³-hybridized carbons (Fsp3) is 0.0667. The molecule has 0 unspecified atom stereocenters. The fourth-order valence-electron chi connectivity index (χ4n) is 2.27. The summed E-state index contributed by atoms with van der Waals surface area (Å²) in [5, 5.41) is 21.1. The number of aromatic hydroxyl groups is 1. The SMILES string of the molecule is O=C1/C(=N/O)Cc2ccc(-c3ccc(O)cc3)cc21. The van der Waals surface area contributed by atoms with Crippen molar-refractivity contribution in [3.8, 4) is 16.9 Å². The molecule has 0 spiro atoms. The van der Waals surface area contributed by atoms with Crippen LogP contribution in [0.4, 0.5) is 0 Å². The van der Waals surface area contributed by atoms with Crippen molar-refractivity contribution in [2.75, 3.05) is 0 Å². The van der Waals surface area contributed by atoms with Crippen molar-refractivity contribution < 1.29 is 15.1 Å². The highest BCUT2D eigenvalue weighted by Crippen LogP contribution is 2.28. The molecule has 94 valence electrons. The average Bonchev–Trinajstić information content (AvgIpc) is 2.76. The zero-order chi connectivity index (χ0) is 13.4. The predicted octanol–water partition coefficient (Wildman–Crippen LogP) is 2.63. The van der Waals surface area contributed by atoms with E-state index in [1.165, 1.54) is 0 Å². The number of ketones is 1. The van der Waals surface area contributed by atoms with Crippen molar-refractivity contribution >= 4 is 11.5 Å². The van der Waals surface area contributed by atoms with Crippen LogP contribution in [0.1, 0.15) is 15.9 Å². The van der Waals surface area contributed by atoms with Gasteiger partial charge in [-0.1, -0.05) is 29.4 Å². The largest absolute Gasteiger partial charge is 0.508 e. The second-order valence-corrected chi connectivity index (χ2v) is 4.47. The van der Waals surface area contributed by atoms with Gasteiger partial charge in [-0.05, 0) is 34.9 Å². The van der Waals surface area contributed by atoms with Crippen molar-refractivity contribution in [3.05, 3.63) is 53.6 Å². The third-order valence-corrected chi connectivity index (χ3v) is 3.30. The molecule has 4 heteroatoms. The highest BCUT2D eigenvalue weighted by Gasteiger charge is 2.27. The molecule has 0 saturated heterocycles. The molecule has 1 aliphatic carbocycles. The molecule has 0 fully saturated rings. The van der Waals surface area contributed by atoms with Gasteiger partial charge in [0.15, 0.2) is 0 Å². The maximum absolute atomic E-state index is 11.9. The molecule has 0 amide bonds. The van der Waals surface area contributed by atoms with Crippen LogP contribution < -0.4 is 0 Å². The molecule has 19 heavy (non-hydrogen) atoms. The van der Waals surface area contributed by atoms with Crippen molar-refractivity contribution in [1.29, 1.82) is 0 Å². The minimum Gasteiger partial charge on any atom is -0.508 e. The summed E-state index contributed by atoms with van der Waals surface area (Å²) in [5.41, 5.74) is 3.45. The van der Waals surface area contributed by atoms with E-state index in [-0.39, 0.29) is 17.2 Å². The smallest absolute Gasteiger partial charge is 0.211 e. The lowest BCUT2D eigenvalue weighted by Gasteiger charge is -2.04. The number of carbonyl (C=O) groups is 1. The third-order valence-electron chi connectivity index (χ3n) is 3.30. The van der Waals surface area contributed by atoms with Crippen LogP contribution in [0.2, 0.25) is 0 Å². The summed E-state index contributed by atoms with van der Waals surface area (Å²) >= 11 is 0. The lowest BCUT2D eigenvalue weighted by molar-refractivity contribution is 0.106. The number of carbonyl (C=O) groups excluding carboxylic acids is 1. The number of oxime groups is 1. The van der Waals surface area contributed by atoms with Crippen molar-refractivity contribution in [3.63, 3.8) is 0 Å². The number of benzene rings is 2. The zero-order valence-electron chi connectivity index (χ0n) is 10.00. The zero-order valence-corrected chi connectivity index (χ0v) is 10.00. The Hall–Kier alpha value is -2.62. The first-order valence-corrected chi connectivity index (χ1v) is 5.87. The van der Waals surface area contributed by atoms with Gasteiger partial charge in [0.1, 0.15) is 11.5 Å². The van der Waals surface area contributed by atoms with E-state index >= 15 is 0 Å². The Labute approximate surface area is 109 Å². The number of nitrogens with zero attached hydrogens (tertiary/aromatic N) is 1. The Balaban J connectivity index is 2.06. The summed E-state index contributed by atoms with van der Waals surface area (Å²) < 4.78 is 0. The first kappa shape index (κ1) is 11.5. The molecule has 0 aliphatic heterocycles. The monoisotopic (exact) mass is 253 g/mol. The van der Waals surface area contributed by atoms with Gasteiger partial charge >= 0.3 is 0 Å². The highest BCUT2D eigenvalue weighted by molar-refractivity contribution is 6.49. The fourth-order valence-corrected chi connectivity index (χ4v) is 2.27. The van der Waals surface area contributed by atoms with Crippen LogP contribution in [0.25, 0.3) is 11.1 Å². The molecule has 0 bridgehead atoms. The molecule has 0 aromatic heterocycles. The molecule has 0 saturated carbocycles. The molecule has 2 aromatic carbocycles. The Bertz CT molecular complexity index is 687. The standard InChI is InChI=1S/C15H11NO3/c17-12-5-3-9(4-6-12)10-1-2-11-8-14(16-19)15(18)13(11)7-10/h1-7,17,19H,8H2/b16-14+. The van der Waals surface area contributed by atoms with Crippen LogP contribution in [0.3, 0.4) is 0 Å². The third kappa shape index (κ3) is 1.87. The summed E-state index contributed by atoms with van der Waals surface area (Å²) in [4.78, 5) is 11.9. The first-order chi connectivity index (χ1) is 9.19. The van der Waals surface area contributed by atoms with Gasteiger partial charge < -0.3 is 10.3 Å². The van der Waals surface area contributed by atoms with Gasteiger partial charge in [0.2, 0.25) is 5.78 Å². The summed E-state index contributed by atoms with van der Waals surface area (Å²) in [6, 6.07) is 12.4. The van der Waals surface area contributed by atoms with Crippen molar-refractivity contribution in [2.45, 2.75) is 6.42 Å². The van der Waals surface area contributed by atoms with Gasteiger partial charge in [0.25, 0.3) is 0 Å². The maximum Gasteiger partial charge on any atom is 0.211 e. The topological polar surface area (TPSA) is 69.9 Å². The molecular formula is C15H11NO3. The molecule has 2 aromatic rings. The number of hydrogen-bond acceptors (Lipinski definition) is 4. The Morgan fingerprint density at radius 1 is 1.00 bits per heavy atom. The quantitative estimate of drug-likeness (QED) is 0.606. The minimum absolute atomic E-state index is 0.179. The number of hydrogen-bond donors (Lipinski definition) is 2. The van der Waals surface area contributed by atoms with Gasteiger partial charge in [-0.3, -0.25) is 4.79 Å². The van der Waals surface area contributed by atoms with Gasteiger partial charge in [0, 0.05) is 12.0 Å². The van der Waals surface area contributed by atoms with Crippen molar-refractivity contribution in [2.24, 2.45) is 5.16 Å². The molecule has 0 heterocycles. The second kappa shape index (κ2) is 4.24. The summed E-state index contributed by atoms with van der Waals surface area (Å²) in [7, 11) is 0. The number of rotatable bonds is 1. The Morgan fingerprint density at radius 3 is 2.37 bits per heavy atom. The van der Waals surface area contributed by atoms with Crippen LogP contribution in [-0.4, -0.2) is 21.8 Å². The number of Topliss-reactive ketones (excluding diaryl/α,β-unsaturated/α-hetero) is 1. The number of phenolic OH excluding ortho intramolecular Hbond substituents is 1. The summed E-state index contributed by atoms with van der Waals surface area (Å²) in [5.74, 6) is -0.0196. The second-order valence-electron chi connectivity index (χ2n) is 4.47. The van der Waals surface area contributed by atoms with Gasteiger partial charge in [0.05, 0.1) is 0 Å². The van der Waals surface area contributed by atoms with E-state index in [4.69, 9.17) is 5.21 Å². The number of phenols is 1. The van der Waals surface area contributed by atoms with Crippen LogP contribution in [0.15, 0.2) is 47.6 Å². The average molecular weight is 253 g/mol. The molecule has 0 radical (unpaired) electrons. The van der Waals surface area contributed by atoms with E-state index in [2.05, 4.69) is 5.16 Å². The van der Waals surface area contributed by atoms with E-state index < -0.39 is 0 Å². The van der Waals surface area contributed by atoms with E-state index in [0.29, 0.717) is 12.0 Å². The lowest BCUT2D eigenvalue weighted by Crippen LogP contribution is -2.06. The Morgan fingerprint density at radius 2 is 1.68 bits per heavy atom. The minimum atomic E-state index is -0.224. The molecule has 3 rings (SSSR count). The van der Waals surface area contributed by atoms with Gasteiger partial charge in [-0.2, -0.15) is 0 Å². The molecule has 1 aliphatic rings. The van der Waals surface area contributed by atoms with Crippen LogP contribution in [-0.2, 0) is 6.42 Å². The molecule has 0 atom stereocenters. The van der Waals surface area contributed by atoms with Crippen LogP contribution in [0.5, 0.6) is 5.75 Å². The number of fused-ring (bicyclic) bond motifs is 1. The van der Waals surface area contributed by atoms with Gasteiger partial charge in [-0.25, -0.2) is 0 Å². The molecule has 2 N–H and O–H groups in total. The van der Waals surface area contributed by atoms with E-state index in [0.717, 1.165) is 16.7 Å². The summed E-state index contributed by atoms with van der Waals surface area (Å²) in [6.45, 7) is 0. The van der Waals surface area contributed by atoms with E-state index in [1.54, 1.807) is 30.3 Å². The molecule has 4 nitrogen and oxygen atoms in total. The van der Waals surface area contributed by atoms with E-state index in [9.17, 15) is 9.90 Å². The summed E-state index contributed by atoms with van der Waals surface area (Å²) in [6.07, 6.45) is 0.376.